The van der Waals surface area contributed by atoms with E-state index in [9.17, 15) is 4.79 Å². The highest BCUT2D eigenvalue weighted by atomic mass is 32.1. The summed E-state index contributed by atoms with van der Waals surface area (Å²) in [7, 11) is 0. The molecule has 0 radical (unpaired) electrons. The zero-order valence-corrected chi connectivity index (χ0v) is 16.6. The van der Waals surface area contributed by atoms with Crippen molar-refractivity contribution in [3.05, 3.63) is 36.7 Å². The first-order valence-electron chi connectivity index (χ1n) is 10.00. The third-order valence-electron chi connectivity index (χ3n) is 5.73. The molecule has 0 atom stereocenters. The number of carbonyl (C=O) groups excluding carboxylic acids is 1. The summed E-state index contributed by atoms with van der Waals surface area (Å²) in [5, 5.41) is 1.01. The smallest absolute Gasteiger partial charge is 0.225 e. The predicted molar refractivity (Wildman–Crippen MR) is 111 cm³/mol. The Morgan fingerprint density at radius 2 is 1.86 bits per heavy atom. The van der Waals surface area contributed by atoms with Gasteiger partial charge in [0.15, 0.2) is 5.13 Å². The zero-order valence-electron chi connectivity index (χ0n) is 15.8. The van der Waals surface area contributed by atoms with E-state index in [4.69, 9.17) is 9.97 Å². The summed E-state index contributed by atoms with van der Waals surface area (Å²) in [6, 6.07) is 7.98. The lowest BCUT2D eigenvalue weighted by Gasteiger charge is -2.32. The second kappa shape index (κ2) is 7.47. The molecular formula is C21H23N5OS. The lowest BCUT2D eigenvalue weighted by molar-refractivity contribution is -0.135. The Kier molecular flexibility index (Phi) is 4.68. The first-order chi connectivity index (χ1) is 13.8. The summed E-state index contributed by atoms with van der Waals surface area (Å²) in [6.45, 7) is 3.67. The number of thiazole rings is 1. The van der Waals surface area contributed by atoms with Crippen LogP contribution in [0.4, 0.5) is 5.13 Å². The molecule has 0 spiro atoms. The highest BCUT2D eigenvalue weighted by Crippen LogP contribution is 2.32. The van der Waals surface area contributed by atoms with Gasteiger partial charge in [-0.2, -0.15) is 0 Å². The molecule has 2 aliphatic heterocycles. The van der Waals surface area contributed by atoms with E-state index in [2.05, 4.69) is 14.8 Å². The third-order valence-corrected chi connectivity index (χ3v) is 6.76. The van der Waals surface area contributed by atoms with Gasteiger partial charge in [0, 0.05) is 50.1 Å². The predicted octanol–water partition coefficient (Wildman–Crippen LogP) is 3.59. The number of amides is 1. The van der Waals surface area contributed by atoms with Crippen molar-refractivity contribution in [3.63, 3.8) is 0 Å². The van der Waals surface area contributed by atoms with Gasteiger partial charge >= 0.3 is 0 Å². The number of pyridine rings is 2. The van der Waals surface area contributed by atoms with E-state index >= 15 is 0 Å². The standard InChI is InChI=1S/C21H23N5OS/c27-20(25-10-1-2-11-25)15-7-12-26(13-8-15)21-24-18-6-5-17(23-19(18)28-21)16-4-3-9-22-14-16/h3-6,9,14-15H,1-2,7-8,10-13H2. The van der Waals surface area contributed by atoms with Gasteiger partial charge in [0.2, 0.25) is 5.91 Å². The molecule has 5 rings (SSSR count). The van der Waals surface area contributed by atoms with Crippen LogP contribution in [0.3, 0.4) is 0 Å². The molecule has 5 heterocycles. The van der Waals surface area contributed by atoms with Gasteiger partial charge in [-0.05, 0) is 49.9 Å². The SMILES string of the molecule is O=C(C1CCN(c2nc3ccc(-c4cccnc4)nc3s2)CC1)N1CCCC1. The molecular weight excluding hydrogens is 370 g/mol. The van der Waals surface area contributed by atoms with Crippen LogP contribution in [0.25, 0.3) is 21.6 Å². The van der Waals surface area contributed by atoms with Crippen LogP contribution >= 0.6 is 11.3 Å². The largest absolute Gasteiger partial charge is 0.348 e. The van der Waals surface area contributed by atoms with E-state index in [1.807, 2.05) is 30.5 Å². The highest BCUT2D eigenvalue weighted by molar-refractivity contribution is 7.21. The van der Waals surface area contributed by atoms with Gasteiger partial charge in [0.1, 0.15) is 10.3 Å². The number of hydrogen-bond acceptors (Lipinski definition) is 6. The van der Waals surface area contributed by atoms with Gasteiger partial charge < -0.3 is 9.80 Å². The molecule has 7 heteroatoms. The van der Waals surface area contributed by atoms with E-state index in [1.54, 1.807) is 17.5 Å². The van der Waals surface area contributed by atoms with Crippen molar-refractivity contribution in [2.45, 2.75) is 25.7 Å². The fourth-order valence-corrected chi connectivity index (χ4v) is 5.12. The fourth-order valence-electron chi connectivity index (χ4n) is 4.13. The maximum atomic E-state index is 12.6. The van der Waals surface area contributed by atoms with E-state index in [0.717, 1.165) is 78.6 Å². The molecule has 1 amide bonds. The molecule has 3 aromatic rings. The van der Waals surface area contributed by atoms with Crippen LogP contribution in [0.15, 0.2) is 36.7 Å². The van der Waals surface area contributed by atoms with Crippen molar-refractivity contribution in [3.8, 4) is 11.3 Å². The van der Waals surface area contributed by atoms with Crippen LogP contribution in [0.2, 0.25) is 0 Å². The molecule has 28 heavy (non-hydrogen) atoms. The Balaban J connectivity index is 1.30. The van der Waals surface area contributed by atoms with E-state index in [0.29, 0.717) is 5.91 Å². The van der Waals surface area contributed by atoms with Crippen LogP contribution in [-0.2, 0) is 4.79 Å². The first kappa shape index (κ1) is 17.6. The average Bonchev–Trinajstić information content (AvgIpc) is 3.43. The Morgan fingerprint density at radius 1 is 1.04 bits per heavy atom. The number of piperidine rings is 1. The molecule has 0 aliphatic carbocycles. The molecule has 0 aromatic carbocycles. The van der Waals surface area contributed by atoms with Gasteiger partial charge in [-0.3, -0.25) is 9.78 Å². The van der Waals surface area contributed by atoms with Crippen LogP contribution < -0.4 is 4.90 Å². The number of aromatic nitrogens is 3. The molecule has 6 nitrogen and oxygen atoms in total. The van der Waals surface area contributed by atoms with Crippen molar-refractivity contribution in [2.24, 2.45) is 5.92 Å². The lowest BCUT2D eigenvalue weighted by Crippen LogP contribution is -2.41. The molecule has 2 saturated heterocycles. The van der Waals surface area contributed by atoms with Gasteiger partial charge in [-0.1, -0.05) is 11.3 Å². The molecule has 0 saturated carbocycles. The topological polar surface area (TPSA) is 62.2 Å². The van der Waals surface area contributed by atoms with Crippen molar-refractivity contribution < 1.29 is 4.79 Å². The van der Waals surface area contributed by atoms with Crippen LogP contribution in [-0.4, -0.2) is 51.9 Å². The minimum absolute atomic E-state index is 0.180. The Hall–Kier alpha value is -2.54. The van der Waals surface area contributed by atoms with Crippen molar-refractivity contribution in [1.82, 2.24) is 19.9 Å². The van der Waals surface area contributed by atoms with Gasteiger partial charge in [-0.15, -0.1) is 0 Å². The van der Waals surface area contributed by atoms with E-state index < -0.39 is 0 Å². The minimum atomic E-state index is 0.180. The second-order valence-corrected chi connectivity index (χ2v) is 8.51. The number of carbonyl (C=O) groups is 1. The third kappa shape index (κ3) is 3.35. The highest BCUT2D eigenvalue weighted by Gasteiger charge is 2.30. The van der Waals surface area contributed by atoms with E-state index in [-0.39, 0.29) is 5.92 Å². The molecule has 2 aliphatic rings. The van der Waals surface area contributed by atoms with Gasteiger partial charge in [0.05, 0.1) is 5.69 Å². The molecule has 0 N–H and O–H groups in total. The molecule has 2 fully saturated rings. The summed E-state index contributed by atoms with van der Waals surface area (Å²) in [6.07, 6.45) is 7.75. The second-order valence-electron chi connectivity index (χ2n) is 7.55. The normalized spacial score (nSPS) is 18.1. The Morgan fingerprint density at radius 3 is 2.61 bits per heavy atom. The molecule has 0 bridgehead atoms. The lowest BCUT2D eigenvalue weighted by atomic mass is 9.95. The van der Waals surface area contributed by atoms with Gasteiger partial charge in [0.25, 0.3) is 0 Å². The maximum Gasteiger partial charge on any atom is 0.225 e. The van der Waals surface area contributed by atoms with Gasteiger partial charge in [-0.25, -0.2) is 9.97 Å². The number of fused-ring (bicyclic) bond motifs is 1. The summed E-state index contributed by atoms with van der Waals surface area (Å²) in [5.74, 6) is 0.545. The number of anilines is 1. The number of rotatable bonds is 3. The number of hydrogen-bond donors (Lipinski definition) is 0. The Labute approximate surface area is 168 Å². The summed E-state index contributed by atoms with van der Waals surface area (Å²) >= 11 is 1.64. The van der Waals surface area contributed by atoms with Crippen molar-refractivity contribution in [1.29, 1.82) is 0 Å². The van der Waals surface area contributed by atoms with Crippen LogP contribution in [0.5, 0.6) is 0 Å². The van der Waals surface area contributed by atoms with E-state index in [1.165, 1.54) is 0 Å². The molecule has 0 unspecified atom stereocenters. The number of nitrogens with zero attached hydrogens (tertiary/aromatic N) is 5. The summed E-state index contributed by atoms with van der Waals surface area (Å²) < 4.78 is 0. The fraction of sp³-hybridized carbons (Fsp3) is 0.429. The summed E-state index contributed by atoms with van der Waals surface area (Å²) in [4.78, 5) is 31.7. The summed E-state index contributed by atoms with van der Waals surface area (Å²) in [5.41, 5.74) is 2.87. The molecule has 3 aromatic heterocycles. The average molecular weight is 394 g/mol. The first-order valence-corrected chi connectivity index (χ1v) is 10.8. The monoisotopic (exact) mass is 393 g/mol. The van der Waals surface area contributed by atoms with Crippen LogP contribution in [0, 0.1) is 5.92 Å². The van der Waals surface area contributed by atoms with Crippen molar-refractivity contribution in [2.75, 3.05) is 31.1 Å². The molecule has 144 valence electrons. The Bertz CT molecular complexity index is 975. The van der Waals surface area contributed by atoms with Crippen LogP contribution in [0.1, 0.15) is 25.7 Å². The number of likely N-dealkylation sites (tertiary alicyclic amines) is 1. The minimum Gasteiger partial charge on any atom is -0.348 e. The maximum absolute atomic E-state index is 12.6. The zero-order chi connectivity index (χ0) is 18.9. The van der Waals surface area contributed by atoms with Crippen molar-refractivity contribution >= 4 is 32.7 Å². The quantitative estimate of drug-likeness (QED) is 0.680.